The predicted molar refractivity (Wildman–Crippen MR) is 95.6 cm³/mol. The molecule has 2 aromatic carbocycles. The monoisotopic (exact) mass is 327 g/mol. The van der Waals surface area contributed by atoms with E-state index in [1.165, 1.54) is 5.56 Å². The molecule has 0 aliphatic rings. The van der Waals surface area contributed by atoms with Crippen LogP contribution in [0.2, 0.25) is 0 Å². The van der Waals surface area contributed by atoms with Crippen LogP contribution in [-0.4, -0.2) is 20.1 Å². The van der Waals surface area contributed by atoms with Crippen molar-refractivity contribution in [1.82, 2.24) is 5.32 Å². The summed E-state index contributed by atoms with van der Waals surface area (Å²) in [5.41, 5.74) is 2.07. The Morgan fingerprint density at radius 2 is 1.75 bits per heavy atom. The van der Waals surface area contributed by atoms with Crippen LogP contribution in [0.1, 0.15) is 43.4 Å². The number of hydrogen-bond donors (Lipinski definition) is 1. The zero-order valence-electron chi connectivity index (χ0n) is 14.7. The molecule has 2 aromatic rings. The molecule has 24 heavy (non-hydrogen) atoms. The molecule has 1 N–H and O–H groups in total. The molecule has 0 unspecified atom stereocenters. The molecule has 2 atom stereocenters. The first-order valence-corrected chi connectivity index (χ1v) is 8.11. The lowest BCUT2D eigenvalue weighted by atomic mass is 9.97. The van der Waals surface area contributed by atoms with Gasteiger partial charge in [-0.15, -0.1) is 0 Å². The van der Waals surface area contributed by atoms with Gasteiger partial charge < -0.3 is 14.8 Å². The molecule has 0 saturated carbocycles. The van der Waals surface area contributed by atoms with E-state index in [9.17, 15) is 4.79 Å². The van der Waals surface area contributed by atoms with Gasteiger partial charge in [0, 0.05) is 12.0 Å². The highest BCUT2D eigenvalue weighted by Gasteiger charge is 2.17. The molecule has 4 heteroatoms. The smallest absolute Gasteiger partial charge is 0.221 e. The Morgan fingerprint density at radius 1 is 1.04 bits per heavy atom. The fraction of sp³-hybridized carbons (Fsp3) is 0.350. The van der Waals surface area contributed by atoms with Gasteiger partial charge in [0.25, 0.3) is 0 Å². The van der Waals surface area contributed by atoms with Gasteiger partial charge in [-0.2, -0.15) is 0 Å². The third-order valence-electron chi connectivity index (χ3n) is 4.14. The fourth-order valence-electron chi connectivity index (χ4n) is 2.73. The maximum absolute atomic E-state index is 12.4. The van der Waals surface area contributed by atoms with Crippen LogP contribution in [0.15, 0.2) is 48.5 Å². The second-order valence-electron chi connectivity index (χ2n) is 5.91. The molecule has 4 nitrogen and oxygen atoms in total. The van der Waals surface area contributed by atoms with E-state index in [4.69, 9.17) is 9.47 Å². The van der Waals surface area contributed by atoms with Crippen LogP contribution in [-0.2, 0) is 4.79 Å². The van der Waals surface area contributed by atoms with Crippen molar-refractivity contribution in [2.75, 3.05) is 14.2 Å². The summed E-state index contributed by atoms with van der Waals surface area (Å²) in [5.74, 6) is 1.67. The molecular weight excluding hydrogens is 302 g/mol. The summed E-state index contributed by atoms with van der Waals surface area (Å²) in [7, 11) is 3.24. The Hall–Kier alpha value is -2.49. The van der Waals surface area contributed by atoms with E-state index in [2.05, 4.69) is 12.2 Å². The van der Waals surface area contributed by atoms with Crippen molar-refractivity contribution in [3.63, 3.8) is 0 Å². The van der Waals surface area contributed by atoms with Crippen LogP contribution in [0.3, 0.4) is 0 Å². The highest BCUT2D eigenvalue weighted by atomic mass is 16.5. The largest absolute Gasteiger partial charge is 0.497 e. The number of methoxy groups -OCH3 is 2. The zero-order valence-corrected chi connectivity index (χ0v) is 14.7. The number of benzene rings is 2. The van der Waals surface area contributed by atoms with Crippen molar-refractivity contribution >= 4 is 5.91 Å². The van der Waals surface area contributed by atoms with Crippen molar-refractivity contribution in [3.05, 3.63) is 59.7 Å². The van der Waals surface area contributed by atoms with Crippen LogP contribution in [0.4, 0.5) is 0 Å². The lowest BCUT2D eigenvalue weighted by Crippen LogP contribution is -2.27. The van der Waals surface area contributed by atoms with E-state index < -0.39 is 0 Å². The molecule has 1 amide bonds. The number of nitrogens with one attached hydrogen (secondary N) is 1. The highest BCUT2D eigenvalue weighted by molar-refractivity contribution is 5.77. The Morgan fingerprint density at radius 3 is 2.38 bits per heavy atom. The third-order valence-corrected chi connectivity index (χ3v) is 4.14. The van der Waals surface area contributed by atoms with Gasteiger partial charge in [0.15, 0.2) is 0 Å². The van der Waals surface area contributed by atoms with Gasteiger partial charge in [-0.25, -0.2) is 0 Å². The van der Waals surface area contributed by atoms with E-state index in [0.717, 1.165) is 17.1 Å². The van der Waals surface area contributed by atoms with E-state index >= 15 is 0 Å². The molecule has 128 valence electrons. The minimum atomic E-state index is -0.162. The normalized spacial score (nSPS) is 13.0. The van der Waals surface area contributed by atoms with Gasteiger partial charge in [-0.3, -0.25) is 4.79 Å². The van der Waals surface area contributed by atoms with Gasteiger partial charge in [-0.05, 0) is 36.6 Å². The summed E-state index contributed by atoms with van der Waals surface area (Å²) in [4.78, 5) is 12.4. The average molecular weight is 327 g/mol. The van der Waals surface area contributed by atoms with Crippen molar-refractivity contribution < 1.29 is 14.3 Å². The molecule has 0 radical (unpaired) electrons. The number of amides is 1. The van der Waals surface area contributed by atoms with Crippen LogP contribution < -0.4 is 14.8 Å². The summed E-state index contributed by atoms with van der Waals surface area (Å²) in [5, 5.41) is 3.05. The highest BCUT2D eigenvalue weighted by Crippen LogP contribution is 2.29. The summed E-state index contributed by atoms with van der Waals surface area (Å²) < 4.78 is 10.7. The molecule has 2 rings (SSSR count). The van der Waals surface area contributed by atoms with Gasteiger partial charge in [0.1, 0.15) is 11.5 Å². The van der Waals surface area contributed by atoms with Crippen molar-refractivity contribution in [3.8, 4) is 11.5 Å². The molecule has 0 fully saturated rings. The molecule has 0 aromatic heterocycles. The molecule has 0 heterocycles. The number of ether oxygens (including phenoxy) is 2. The Balaban J connectivity index is 2.03. The van der Waals surface area contributed by atoms with Crippen LogP contribution in [0, 0.1) is 0 Å². The molecule has 0 aliphatic carbocycles. The number of rotatable bonds is 7. The topological polar surface area (TPSA) is 47.6 Å². The Kier molecular flexibility index (Phi) is 6.24. The minimum Gasteiger partial charge on any atom is -0.497 e. The maximum atomic E-state index is 12.4. The summed E-state index contributed by atoms with van der Waals surface area (Å²) >= 11 is 0. The summed E-state index contributed by atoms with van der Waals surface area (Å²) in [6, 6.07) is 15.5. The van der Waals surface area contributed by atoms with Crippen molar-refractivity contribution in [2.24, 2.45) is 0 Å². The Labute approximate surface area is 143 Å². The van der Waals surface area contributed by atoms with E-state index in [1.54, 1.807) is 14.2 Å². The first-order valence-electron chi connectivity index (χ1n) is 8.11. The van der Waals surface area contributed by atoms with E-state index in [0.29, 0.717) is 6.42 Å². The molecule has 0 aliphatic heterocycles. The molecule has 0 bridgehead atoms. The number of carbonyl (C=O) groups is 1. The van der Waals surface area contributed by atoms with E-state index in [-0.39, 0.29) is 17.9 Å². The van der Waals surface area contributed by atoms with Crippen LogP contribution in [0.5, 0.6) is 11.5 Å². The lowest BCUT2D eigenvalue weighted by Gasteiger charge is -2.19. The van der Waals surface area contributed by atoms with Crippen LogP contribution in [0.25, 0.3) is 0 Å². The molecule has 0 spiro atoms. The quantitative estimate of drug-likeness (QED) is 0.834. The zero-order chi connectivity index (χ0) is 17.5. The first-order chi connectivity index (χ1) is 11.5. The molecular formula is C20H25NO3. The fourth-order valence-corrected chi connectivity index (χ4v) is 2.73. The number of carbonyl (C=O) groups excluding carboxylic acids is 1. The standard InChI is InChI=1S/C20H25NO3/c1-14(16-8-6-5-7-9-16)12-20(22)21-15(2)18-13-17(23-3)10-11-19(18)24-4/h5-11,13-15H,12H2,1-4H3,(H,21,22)/t14-,15+/m0/s1. The minimum absolute atomic E-state index is 0.0173. The van der Waals surface area contributed by atoms with E-state index in [1.807, 2.05) is 55.5 Å². The summed E-state index contributed by atoms with van der Waals surface area (Å²) in [6.07, 6.45) is 0.445. The van der Waals surface area contributed by atoms with Crippen LogP contribution >= 0.6 is 0 Å². The second kappa shape index (κ2) is 8.39. The SMILES string of the molecule is COc1ccc(OC)c([C@@H](C)NC(=O)C[C@H](C)c2ccccc2)c1. The summed E-state index contributed by atoms with van der Waals surface area (Å²) in [6.45, 7) is 4.01. The lowest BCUT2D eigenvalue weighted by molar-refractivity contribution is -0.122. The maximum Gasteiger partial charge on any atom is 0.221 e. The van der Waals surface area contributed by atoms with Crippen molar-refractivity contribution in [2.45, 2.75) is 32.2 Å². The van der Waals surface area contributed by atoms with Gasteiger partial charge in [0.05, 0.1) is 20.3 Å². The third kappa shape index (κ3) is 4.51. The first kappa shape index (κ1) is 17.9. The van der Waals surface area contributed by atoms with Gasteiger partial charge in [0.2, 0.25) is 5.91 Å². The van der Waals surface area contributed by atoms with Gasteiger partial charge in [-0.1, -0.05) is 37.3 Å². The second-order valence-corrected chi connectivity index (χ2v) is 5.91. The predicted octanol–water partition coefficient (Wildman–Crippen LogP) is 4.07. The van der Waals surface area contributed by atoms with Gasteiger partial charge >= 0.3 is 0 Å². The van der Waals surface area contributed by atoms with Crippen molar-refractivity contribution in [1.29, 1.82) is 0 Å². The Bertz CT molecular complexity index is 670. The average Bonchev–Trinajstić information content (AvgIpc) is 2.61. The molecule has 0 saturated heterocycles. The number of hydrogen-bond acceptors (Lipinski definition) is 3.